The summed E-state index contributed by atoms with van der Waals surface area (Å²) in [6, 6.07) is 2.86. The van der Waals surface area contributed by atoms with Crippen LogP contribution >= 0.6 is 0 Å². The van der Waals surface area contributed by atoms with Crippen LogP contribution in [0.25, 0.3) is 0 Å². The number of nitrogens with zero attached hydrogens (tertiary/aromatic N) is 4. The van der Waals surface area contributed by atoms with Gasteiger partial charge in [0, 0.05) is 57.5 Å². The van der Waals surface area contributed by atoms with Crippen LogP contribution in [0.1, 0.15) is 24.0 Å². The Bertz CT molecular complexity index is 1080. The highest BCUT2D eigenvalue weighted by Gasteiger charge is 2.44. The van der Waals surface area contributed by atoms with E-state index >= 15 is 0 Å². The zero-order valence-corrected chi connectivity index (χ0v) is 23.2. The molecule has 3 aliphatic heterocycles. The van der Waals surface area contributed by atoms with Crippen LogP contribution in [-0.4, -0.2) is 117 Å². The molecule has 0 aliphatic carbocycles. The standard InChI is InChI=1S/C26H40N4O6S/c1-18-11-23(31)12-19(2)25(18)37(34,35)28(4)9-10-36-17-24(32)29-13-21-15-30(16-22(21)14-29)26(33)20-5-7-27(3)8-6-20/h11-12,20-22,31H,5-10,13-17H2,1-4H3/t21-,22+. The van der Waals surface area contributed by atoms with E-state index in [0.29, 0.717) is 36.1 Å². The number of phenols is 1. The highest BCUT2D eigenvalue weighted by Crippen LogP contribution is 2.33. The van der Waals surface area contributed by atoms with Crippen molar-refractivity contribution in [1.29, 1.82) is 0 Å². The monoisotopic (exact) mass is 536 g/mol. The second-order valence-corrected chi connectivity index (χ2v) is 12.9. The Hall–Kier alpha value is -2.21. The maximum atomic E-state index is 13.0. The van der Waals surface area contributed by atoms with Crippen molar-refractivity contribution >= 4 is 21.8 Å². The third-order valence-electron chi connectivity index (χ3n) is 8.11. The summed E-state index contributed by atoms with van der Waals surface area (Å²) in [6.45, 7) is 8.06. The normalized spacial score (nSPS) is 23.2. The summed E-state index contributed by atoms with van der Waals surface area (Å²) in [6.07, 6.45) is 1.85. The van der Waals surface area contributed by atoms with Crippen molar-refractivity contribution in [2.75, 3.05) is 73.1 Å². The molecule has 0 bridgehead atoms. The van der Waals surface area contributed by atoms with Crippen molar-refractivity contribution < 1.29 is 27.9 Å². The van der Waals surface area contributed by atoms with E-state index < -0.39 is 10.0 Å². The van der Waals surface area contributed by atoms with E-state index in [2.05, 4.69) is 11.9 Å². The summed E-state index contributed by atoms with van der Waals surface area (Å²) in [4.78, 5) is 31.9. The summed E-state index contributed by atoms with van der Waals surface area (Å²) in [5.74, 6) is 0.962. The fraction of sp³-hybridized carbons (Fsp3) is 0.692. The van der Waals surface area contributed by atoms with Crippen LogP contribution in [0.5, 0.6) is 5.75 Å². The number of likely N-dealkylation sites (tertiary alicyclic amines) is 3. The van der Waals surface area contributed by atoms with Crippen molar-refractivity contribution in [2.45, 2.75) is 31.6 Å². The van der Waals surface area contributed by atoms with E-state index in [-0.39, 0.29) is 48.1 Å². The Labute approximate surface area is 220 Å². The van der Waals surface area contributed by atoms with Crippen LogP contribution in [0, 0.1) is 31.6 Å². The Balaban J connectivity index is 1.19. The third kappa shape index (κ3) is 6.10. The predicted molar refractivity (Wildman–Crippen MR) is 139 cm³/mol. The molecule has 1 N–H and O–H groups in total. The molecule has 3 saturated heterocycles. The molecular formula is C26H40N4O6S. The average Bonchev–Trinajstić information content (AvgIpc) is 3.40. The van der Waals surface area contributed by atoms with E-state index in [4.69, 9.17) is 4.74 Å². The van der Waals surface area contributed by atoms with Gasteiger partial charge in [-0.1, -0.05) is 0 Å². The molecule has 10 nitrogen and oxygen atoms in total. The zero-order valence-electron chi connectivity index (χ0n) is 22.4. The molecule has 11 heteroatoms. The van der Waals surface area contributed by atoms with Crippen molar-refractivity contribution in [1.82, 2.24) is 19.0 Å². The first-order valence-electron chi connectivity index (χ1n) is 13.1. The minimum Gasteiger partial charge on any atom is -0.508 e. The minimum atomic E-state index is -3.75. The first kappa shape index (κ1) is 27.8. The summed E-state index contributed by atoms with van der Waals surface area (Å²) in [5, 5.41) is 9.71. The first-order valence-corrected chi connectivity index (χ1v) is 14.5. The predicted octanol–water partition coefficient (Wildman–Crippen LogP) is 0.905. The van der Waals surface area contributed by atoms with Crippen LogP contribution in [0.2, 0.25) is 0 Å². The van der Waals surface area contributed by atoms with Crippen LogP contribution in [0.3, 0.4) is 0 Å². The molecule has 2 amide bonds. The number of aromatic hydroxyl groups is 1. The molecule has 37 heavy (non-hydrogen) atoms. The van der Waals surface area contributed by atoms with Crippen LogP contribution < -0.4 is 0 Å². The van der Waals surface area contributed by atoms with Gasteiger partial charge in [0.05, 0.1) is 11.5 Å². The van der Waals surface area contributed by atoms with Gasteiger partial charge in [-0.05, 0) is 70.1 Å². The van der Waals surface area contributed by atoms with Crippen LogP contribution in [0.15, 0.2) is 17.0 Å². The molecule has 2 atom stereocenters. The third-order valence-corrected chi connectivity index (χ3v) is 10.3. The molecule has 0 spiro atoms. The lowest BCUT2D eigenvalue weighted by molar-refractivity contribution is -0.137. The maximum Gasteiger partial charge on any atom is 0.248 e. The summed E-state index contributed by atoms with van der Waals surface area (Å²) < 4.78 is 32.8. The number of fused-ring (bicyclic) bond motifs is 1. The average molecular weight is 537 g/mol. The van der Waals surface area contributed by atoms with Gasteiger partial charge in [-0.25, -0.2) is 8.42 Å². The second kappa shape index (κ2) is 11.3. The SMILES string of the molecule is Cc1cc(O)cc(C)c1S(=O)(=O)N(C)CCOCC(=O)N1C[C@@H]2CN(C(=O)C3CCN(C)CC3)C[C@@H]2C1. The molecule has 3 heterocycles. The quantitative estimate of drug-likeness (QED) is 0.492. The number of ether oxygens (including phenoxy) is 1. The lowest BCUT2D eigenvalue weighted by Gasteiger charge is -2.31. The molecule has 0 unspecified atom stereocenters. The van der Waals surface area contributed by atoms with E-state index in [1.54, 1.807) is 13.8 Å². The number of hydrogen-bond donors (Lipinski definition) is 1. The Morgan fingerprint density at radius 3 is 2.14 bits per heavy atom. The van der Waals surface area contributed by atoms with Crippen molar-refractivity contribution in [2.24, 2.45) is 17.8 Å². The number of carbonyl (C=O) groups excluding carboxylic acids is 2. The number of aryl methyl sites for hydroxylation is 2. The molecule has 3 fully saturated rings. The number of benzene rings is 1. The van der Waals surface area contributed by atoms with Gasteiger partial charge >= 0.3 is 0 Å². The van der Waals surface area contributed by atoms with E-state index in [1.165, 1.54) is 23.5 Å². The van der Waals surface area contributed by atoms with Gasteiger partial charge in [-0.2, -0.15) is 4.31 Å². The minimum absolute atomic E-state index is 0.0288. The fourth-order valence-corrected chi connectivity index (χ4v) is 7.50. The lowest BCUT2D eigenvalue weighted by Crippen LogP contribution is -2.42. The molecule has 1 aromatic rings. The topological polar surface area (TPSA) is 111 Å². The van der Waals surface area contributed by atoms with Gasteiger partial charge < -0.3 is 24.5 Å². The fourth-order valence-electron chi connectivity index (χ4n) is 5.94. The smallest absolute Gasteiger partial charge is 0.248 e. The molecule has 3 aliphatic rings. The number of rotatable bonds is 8. The highest BCUT2D eigenvalue weighted by atomic mass is 32.2. The number of sulfonamides is 1. The number of hydrogen-bond acceptors (Lipinski definition) is 7. The second-order valence-electron chi connectivity index (χ2n) is 10.9. The number of piperidine rings is 1. The molecule has 0 saturated carbocycles. The molecular weight excluding hydrogens is 496 g/mol. The number of phenolic OH excluding ortho intramolecular Hbond substituents is 1. The van der Waals surface area contributed by atoms with Gasteiger partial charge in [-0.3, -0.25) is 9.59 Å². The highest BCUT2D eigenvalue weighted by molar-refractivity contribution is 7.89. The van der Waals surface area contributed by atoms with Crippen LogP contribution in [-0.2, 0) is 24.3 Å². The van der Waals surface area contributed by atoms with Gasteiger partial charge in [0.15, 0.2) is 0 Å². The van der Waals surface area contributed by atoms with Gasteiger partial charge in [0.2, 0.25) is 21.8 Å². The molecule has 1 aromatic carbocycles. The number of likely N-dealkylation sites (N-methyl/N-ethyl adjacent to an activating group) is 1. The molecule has 4 rings (SSSR count). The van der Waals surface area contributed by atoms with Crippen LogP contribution in [0.4, 0.5) is 0 Å². The van der Waals surface area contributed by atoms with Gasteiger partial charge in [-0.15, -0.1) is 0 Å². The molecule has 0 aromatic heterocycles. The number of carbonyl (C=O) groups is 2. The zero-order chi connectivity index (χ0) is 26.9. The Kier molecular flexibility index (Phi) is 8.47. The first-order chi connectivity index (χ1) is 17.5. The molecule has 206 valence electrons. The van der Waals surface area contributed by atoms with Crippen molar-refractivity contribution in [3.8, 4) is 5.75 Å². The summed E-state index contributed by atoms with van der Waals surface area (Å²) >= 11 is 0. The summed E-state index contributed by atoms with van der Waals surface area (Å²) in [7, 11) is -0.183. The largest absolute Gasteiger partial charge is 0.508 e. The van der Waals surface area contributed by atoms with E-state index in [1.807, 2.05) is 9.80 Å². The van der Waals surface area contributed by atoms with Crippen molar-refractivity contribution in [3.05, 3.63) is 23.3 Å². The number of amides is 2. The van der Waals surface area contributed by atoms with Crippen molar-refractivity contribution in [3.63, 3.8) is 0 Å². The maximum absolute atomic E-state index is 13.0. The van der Waals surface area contributed by atoms with Gasteiger partial charge in [0.25, 0.3) is 0 Å². The summed E-state index contributed by atoms with van der Waals surface area (Å²) in [5.41, 5.74) is 0.957. The van der Waals surface area contributed by atoms with E-state index in [0.717, 1.165) is 39.0 Å². The van der Waals surface area contributed by atoms with Gasteiger partial charge in [0.1, 0.15) is 12.4 Å². The Morgan fingerprint density at radius 2 is 1.57 bits per heavy atom. The molecule has 0 radical (unpaired) electrons. The Morgan fingerprint density at radius 1 is 1.03 bits per heavy atom. The van der Waals surface area contributed by atoms with E-state index in [9.17, 15) is 23.1 Å². The lowest BCUT2D eigenvalue weighted by atomic mass is 9.96.